The molecular weight excluding hydrogens is 334 g/mol. The molecule has 1 unspecified atom stereocenters. The Morgan fingerprint density at radius 2 is 2.00 bits per heavy atom. The SMILES string of the molecule is CN(C)CCSc1ccc2[nH]c(C3C(=O)Nc4ccccc43)nc2n1. The molecule has 0 aliphatic carbocycles. The summed E-state index contributed by atoms with van der Waals surface area (Å²) >= 11 is 1.71. The number of H-pyrrole nitrogens is 1. The Labute approximate surface area is 150 Å². The fourth-order valence-corrected chi connectivity index (χ4v) is 3.90. The van der Waals surface area contributed by atoms with E-state index in [0.717, 1.165) is 34.1 Å². The predicted molar refractivity (Wildman–Crippen MR) is 100 cm³/mol. The van der Waals surface area contributed by atoms with Gasteiger partial charge >= 0.3 is 0 Å². The summed E-state index contributed by atoms with van der Waals surface area (Å²) in [6.07, 6.45) is 0. The molecule has 1 aliphatic rings. The molecule has 0 saturated carbocycles. The van der Waals surface area contributed by atoms with Gasteiger partial charge in [-0.05, 0) is 37.9 Å². The number of aromatic nitrogens is 3. The molecule has 128 valence electrons. The number of pyridine rings is 1. The molecular formula is C18H19N5OS. The van der Waals surface area contributed by atoms with Crippen molar-refractivity contribution in [3.63, 3.8) is 0 Å². The number of nitrogens with zero attached hydrogens (tertiary/aromatic N) is 3. The van der Waals surface area contributed by atoms with Crippen LogP contribution >= 0.6 is 11.8 Å². The number of fused-ring (bicyclic) bond motifs is 2. The van der Waals surface area contributed by atoms with Crippen LogP contribution in [0.4, 0.5) is 5.69 Å². The van der Waals surface area contributed by atoms with Crippen molar-refractivity contribution in [3.05, 3.63) is 47.8 Å². The zero-order chi connectivity index (χ0) is 17.4. The van der Waals surface area contributed by atoms with Crippen molar-refractivity contribution in [2.45, 2.75) is 10.9 Å². The van der Waals surface area contributed by atoms with Crippen LogP contribution in [0.1, 0.15) is 17.3 Å². The summed E-state index contributed by atoms with van der Waals surface area (Å²) in [6, 6.07) is 11.7. The number of carbonyl (C=O) groups is 1. The third-order valence-electron chi connectivity index (χ3n) is 4.19. The third-order valence-corrected chi connectivity index (χ3v) is 5.10. The summed E-state index contributed by atoms with van der Waals surface area (Å²) in [4.78, 5) is 27.0. The molecule has 4 rings (SSSR count). The molecule has 0 bridgehead atoms. The van der Waals surface area contributed by atoms with Crippen molar-refractivity contribution < 1.29 is 4.79 Å². The number of carbonyl (C=O) groups excluding carboxylic acids is 1. The summed E-state index contributed by atoms with van der Waals surface area (Å²) in [6.45, 7) is 0.995. The van der Waals surface area contributed by atoms with Crippen LogP contribution in [0.15, 0.2) is 41.4 Å². The highest BCUT2D eigenvalue weighted by Crippen LogP contribution is 2.36. The van der Waals surface area contributed by atoms with Crippen LogP contribution in [-0.4, -0.2) is 52.2 Å². The molecule has 3 aromatic rings. The van der Waals surface area contributed by atoms with Gasteiger partial charge in [0.05, 0.1) is 10.5 Å². The molecule has 1 aliphatic heterocycles. The molecule has 25 heavy (non-hydrogen) atoms. The monoisotopic (exact) mass is 353 g/mol. The smallest absolute Gasteiger partial charge is 0.239 e. The van der Waals surface area contributed by atoms with E-state index in [4.69, 9.17) is 0 Å². The van der Waals surface area contributed by atoms with E-state index in [2.05, 4.69) is 39.3 Å². The van der Waals surface area contributed by atoms with Crippen LogP contribution < -0.4 is 5.32 Å². The fourth-order valence-electron chi connectivity index (χ4n) is 2.92. The second kappa shape index (κ2) is 6.50. The maximum atomic E-state index is 12.4. The van der Waals surface area contributed by atoms with E-state index >= 15 is 0 Å². The number of para-hydroxylation sites is 1. The summed E-state index contributed by atoms with van der Waals surface area (Å²) in [5.41, 5.74) is 3.31. The fraction of sp³-hybridized carbons (Fsp3) is 0.278. The van der Waals surface area contributed by atoms with Crippen molar-refractivity contribution in [2.75, 3.05) is 31.7 Å². The zero-order valence-corrected chi connectivity index (χ0v) is 14.9. The van der Waals surface area contributed by atoms with Crippen molar-refractivity contribution in [3.8, 4) is 0 Å². The quantitative estimate of drug-likeness (QED) is 0.690. The normalized spacial score (nSPS) is 16.4. The number of aromatic amines is 1. The van der Waals surface area contributed by atoms with Crippen LogP contribution in [-0.2, 0) is 4.79 Å². The van der Waals surface area contributed by atoms with Gasteiger partial charge in [-0.25, -0.2) is 9.97 Å². The molecule has 2 aromatic heterocycles. The van der Waals surface area contributed by atoms with Gasteiger partial charge in [-0.15, -0.1) is 11.8 Å². The minimum atomic E-state index is -0.407. The number of amides is 1. The zero-order valence-electron chi connectivity index (χ0n) is 14.1. The lowest BCUT2D eigenvalue weighted by atomic mass is 10.0. The Balaban J connectivity index is 1.62. The van der Waals surface area contributed by atoms with Crippen LogP contribution in [0.5, 0.6) is 0 Å². The molecule has 0 fully saturated rings. The van der Waals surface area contributed by atoms with E-state index < -0.39 is 5.92 Å². The van der Waals surface area contributed by atoms with Gasteiger partial charge in [0.1, 0.15) is 11.7 Å². The van der Waals surface area contributed by atoms with E-state index in [1.165, 1.54) is 0 Å². The molecule has 6 nitrogen and oxygen atoms in total. The molecule has 0 spiro atoms. The van der Waals surface area contributed by atoms with E-state index in [9.17, 15) is 4.79 Å². The van der Waals surface area contributed by atoms with Gasteiger partial charge in [0, 0.05) is 18.0 Å². The van der Waals surface area contributed by atoms with Crippen molar-refractivity contribution >= 4 is 34.5 Å². The Kier molecular flexibility index (Phi) is 4.19. The Morgan fingerprint density at radius 3 is 2.84 bits per heavy atom. The predicted octanol–water partition coefficient (Wildman–Crippen LogP) is 2.70. The summed E-state index contributed by atoms with van der Waals surface area (Å²) in [7, 11) is 4.11. The van der Waals surface area contributed by atoms with Crippen LogP contribution in [0.25, 0.3) is 11.2 Å². The number of thioether (sulfide) groups is 1. The maximum Gasteiger partial charge on any atom is 0.239 e. The molecule has 1 atom stereocenters. The van der Waals surface area contributed by atoms with Gasteiger partial charge in [0.25, 0.3) is 0 Å². The molecule has 3 heterocycles. The van der Waals surface area contributed by atoms with Gasteiger partial charge in [0.15, 0.2) is 5.65 Å². The van der Waals surface area contributed by atoms with Crippen molar-refractivity contribution in [1.29, 1.82) is 0 Å². The number of benzene rings is 1. The average Bonchev–Trinajstić information content (AvgIpc) is 3.13. The highest BCUT2D eigenvalue weighted by Gasteiger charge is 2.34. The van der Waals surface area contributed by atoms with Crippen LogP contribution in [0, 0.1) is 0 Å². The number of hydrogen-bond donors (Lipinski definition) is 2. The molecule has 1 amide bonds. The lowest BCUT2D eigenvalue weighted by Crippen LogP contribution is -2.14. The first-order chi connectivity index (χ1) is 12.1. The maximum absolute atomic E-state index is 12.4. The molecule has 7 heteroatoms. The van der Waals surface area contributed by atoms with Crippen molar-refractivity contribution in [2.24, 2.45) is 0 Å². The second-order valence-corrected chi connectivity index (χ2v) is 7.42. The molecule has 1 aromatic carbocycles. The van der Waals surface area contributed by atoms with Gasteiger partial charge in [-0.2, -0.15) is 0 Å². The minimum absolute atomic E-state index is 0.0548. The molecule has 0 saturated heterocycles. The van der Waals surface area contributed by atoms with Crippen LogP contribution in [0.2, 0.25) is 0 Å². The van der Waals surface area contributed by atoms with Gasteiger partial charge in [-0.1, -0.05) is 18.2 Å². The van der Waals surface area contributed by atoms with Gasteiger partial charge in [-0.3, -0.25) is 4.79 Å². The van der Waals surface area contributed by atoms with Gasteiger partial charge in [0.2, 0.25) is 5.91 Å². The number of rotatable bonds is 5. The number of hydrogen-bond acceptors (Lipinski definition) is 5. The first kappa shape index (κ1) is 16.1. The van der Waals surface area contributed by atoms with Crippen molar-refractivity contribution in [1.82, 2.24) is 19.9 Å². The molecule has 2 N–H and O–H groups in total. The minimum Gasteiger partial charge on any atom is -0.340 e. The van der Waals surface area contributed by atoms with E-state index in [1.807, 2.05) is 36.4 Å². The number of anilines is 1. The van der Waals surface area contributed by atoms with E-state index in [0.29, 0.717) is 11.5 Å². The Morgan fingerprint density at radius 1 is 1.16 bits per heavy atom. The van der Waals surface area contributed by atoms with E-state index in [-0.39, 0.29) is 5.91 Å². The first-order valence-electron chi connectivity index (χ1n) is 8.16. The topological polar surface area (TPSA) is 73.9 Å². The largest absolute Gasteiger partial charge is 0.340 e. The third kappa shape index (κ3) is 3.12. The number of imidazole rings is 1. The molecule has 0 radical (unpaired) electrons. The lowest BCUT2D eigenvalue weighted by Gasteiger charge is -2.07. The summed E-state index contributed by atoms with van der Waals surface area (Å²) in [5, 5.41) is 3.86. The summed E-state index contributed by atoms with van der Waals surface area (Å²) < 4.78 is 0. The standard InChI is InChI=1S/C18H19N5OS/c1-23(2)9-10-25-14-8-7-13-16(21-14)22-17(19-13)15-11-5-3-4-6-12(11)20-18(15)24/h3-8,15H,9-10H2,1-2H3,(H,20,24)(H,19,21,22). The van der Waals surface area contributed by atoms with Crippen LogP contribution in [0.3, 0.4) is 0 Å². The number of nitrogens with one attached hydrogen (secondary N) is 2. The Bertz CT molecular complexity index is 936. The van der Waals surface area contributed by atoms with Gasteiger partial charge < -0.3 is 15.2 Å². The first-order valence-corrected chi connectivity index (χ1v) is 9.14. The van der Waals surface area contributed by atoms with E-state index in [1.54, 1.807) is 11.8 Å². The highest BCUT2D eigenvalue weighted by atomic mass is 32.2. The Hall–Kier alpha value is -2.38. The highest BCUT2D eigenvalue weighted by molar-refractivity contribution is 7.99. The summed E-state index contributed by atoms with van der Waals surface area (Å²) in [5.74, 6) is 1.15. The lowest BCUT2D eigenvalue weighted by molar-refractivity contribution is -0.116. The second-order valence-electron chi connectivity index (χ2n) is 6.30. The average molecular weight is 353 g/mol.